The van der Waals surface area contributed by atoms with Crippen LogP contribution in [-0.2, 0) is 20.8 Å². The lowest BCUT2D eigenvalue weighted by molar-refractivity contribution is -0.116. The van der Waals surface area contributed by atoms with Gasteiger partial charge in [0.25, 0.3) is 5.91 Å². The number of anilines is 1. The van der Waals surface area contributed by atoms with E-state index >= 15 is 0 Å². The number of carbonyl (C=O) groups is 2. The SMILES string of the molecule is O=C(CCN1CCOCC1)Nc1cccc(CNC(=O)c2ccc(OCC3CCCO3)cc2)c1. The van der Waals surface area contributed by atoms with Crippen molar-refractivity contribution in [3.63, 3.8) is 0 Å². The van der Waals surface area contributed by atoms with Gasteiger partial charge in [0.2, 0.25) is 5.91 Å². The van der Waals surface area contributed by atoms with Gasteiger partial charge in [-0.2, -0.15) is 0 Å². The van der Waals surface area contributed by atoms with Crippen molar-refractivity contribution < 1.29 is 23.8 Å². The number of benzene rings is 2. The van der Waals surface area contributed by atoms with E-state index in [0.29, 0.717) is 25.1 Å². The van der Waals surface area contributed by atoms with Crippen molar-refractivity contribution in [2.75, 3.05) is 51.4 Å². The first kappa shape index (κ1) is 24.2. The van der Waals surface area contributed by atoms with Gasteiger partial charge in [0.1, 0.15) is 12.4 Å². The van der Waals surface area contributed by atoms with E-state index in [-0.39, 0.29) is 17.9 Å². The van der Waals surface area contributed by atoms with Gasteiger partial charge in [-0.3, -0.25) is 14.5 Å². The van der Waals surface area contributed by atoms with Gasteiger partial charge >= 0.3 is 0 Å². The Labute approximate surface area is 200 Å². The number of carbonyl (C=O) groups excluding carboxylic acids is 2. The predicted octanol–water partition coefficient (Wildman–Crippen LogP) is 2.84. The number of ether oxygens (including phenoxy) is 3. The molecule has 2 aliphatic heterocycles. The van der Waals surface area contributed by atoms with Crippen LogP contribution in [0.3, 0.4) is 0 Å². The molecule has 2 aliphatic rings. The summed E-state index contributed by atoms with van der Waals surface area (Å²) in [6.45, 7) is 5.62. The van der Waals surface area contributed by atoms with Gasteiger partial charge in [-0.1, -0.05) is 12.1 Å². The van der Waals surface area contributed by atoms with E-state index in [4.69, 9.17) is 14.2 Å². The Bertz CT molecular complexity index is 938. The smallest absolute Gasteiger partial charge is 0.251 e. The molecular weight excluding hydrogens is 434 g/mol. The highest BCUT2D eigenvalue weighted by Gasteiger charge is 2.16. The van der Waals surface area contributed by atoms with Gasteiger partial charge in [0.05, 0.1) is 19.3 Å². The molecule has 0 saturated carbocycles. The van der Waals surface area contributed by atoms with E-state index in [1.807, 2.05) is 24.3 Å². The molecule has 8 nitrogen and oxygen atoms in total. The van der Waals surface area contributed by atoms with Crippen LogP contribution in [0.5, 0.6) is 5.75 Å². The quantitative estimate of drug-likeness (QED) is 0.559. The summed E-state index contributed by atoms with van der Waals surface area (Å²) in [6.07, 6.45) is 2.71. The lowest BCUT2D eigenvalue weighted by Gasteiger charge is -2.26. The van der Waals surface area contributed by atoms with Crippen molar-refractivity contribution in [1.29, 1.82) is 0 Å². The van der Waals surface area contributed by atoms with Crippen molar-refractivity contribution in [2.24, 2.45) is 0 Å². The first-order valence-corrected chi connectivity index (χ1v) is 12.0. The van der Waals surface area contributed by atoms with Crippen LogP contribution in [0.4, 0.5) is 5.69 Å². The molecular formula is C26H33N3O5. The van der Waals surface area contributed by atoms with Crippen molar-refractivity contribution in [1.82, 2.24) is 10.2 Å². The summed E-state index contributed by atoms with van der Waals surface area (Å²) in [5.41, 5.74) is 2.21. The molecule has 2 saturated heterocycles. The Hall–Kier alpha value is -2.94. The van der Waals surface area contributed by atoms with Crippen molar-refractivity contribution in [3.05, 3.63) is 59.7 Å². The molecule has 0 spiro atoms. The maximum absolute atomic E-state index is 12.5. The monoisotopic (exact) mass is 467 g/mol. The van der Waals surface area contributed by atoms with Gasteiger partial charge in [0.15, 0.2) is 0 Å². The summed E-state index contributed by atoms with van der Waals surface area (Å²) in [5, 5.41) is 5.88. The third-order valence-electron chi connectivity index (χ3n) is 6.00. The summed E-state index contributed by atoms with van der Waals surface area (Å²) in [4.78, 5) is 27.1. The Morgan fingerprint density at radius 3 is 2.65 bits per heavy atom. The van der Waals surface area contributed by atoms with E-state index in [0.717, 1.165) is 69.3 Å². The number of hydrogen-bond donors (Lipinski definition) is 2. The summed E-state index contributed by atoms with van der Waals surface area (Å²) in [5.74, 6) is 0.546. The fraction of sp³-hybridized carbons (Fsp3) is 0.462. The normalized spacial score (nSPS) is 18.4. The standard InChI is InChI=1S/C26H33N3O5/c30-25(10-11-29-12-15-32-16-13-29)28-22-4-1-3-20(17-22)18-27-26(31)21-6-8-23(9-7-21)34-19-24-5-2-14-33-24/h1,3-4,6-9,17,24H,2,5,10-16,18-19H2,(H,27,31)(H,28,30). The highest BCUT2D eigenvalue weighted by Crippen LogP contribution is 2.17. The molecule has 182 valence electrons. The van der Waals surface area contributed by atoms with E-state index in [1.54, 1.807) is 24.3 Å². The molecule has 2 amide bonds. The van der Waals surface area contributed by atoms with Gasteiger partial charge in [-0.05, 0) is 54.8 Å². The van der Waals surface area contributed by atoms with Crippen molar-refractivity contribution in [3.8, 4) is 5.75 Å². The number of hydrogen-bond acceptors (Lipinski definition) is 6. The molecule has 0 aromatic heterocycles. The van der Waals surface area contributed by atoms with Crippen LogP contribution in [0, 0.1) is 0 Å². The fourth-order valence-electron chi connectivity index (χ4n) is 4.02. The second kappa shape index (κ2) is 12.5. The number of rotatable bonds is 10. The topological polar surface area (TPSA) is 89.1 Å². The van der Waals surface area contributed by atoms with Crippen LogP contribution in [-0.4, -0.2) is 68.9 Å². The highest BCUT2D eigenvalue weighted by molar-refractivity contribution is 5.94. The minimum Gasteiger partial charge on any atom is -0.491 e. The van der Waals surface area contributed by atoms with E-state index < -0.39 is 0 Å². The van der Waals surface area contributed by atoms with Crippen molar-refractivity contribution >= 4 is 17.5 Å². The first-order valence-electron chi connectivity index (χ1n) is 12.0. The fourth-order valence-corrected chi connectivity index (χ4v) is 4.02. The number of amides is 2. The number of nitrogens with zero attached hydrogens (tertiary/aromatic N) is 1. The van der Waals surface area contributed by atoms with Gasteiger partial charge < -0.3 is 24.8 Å². The number of morpholine rings is 1. The first-order chi connectivity index (χ1) is 16.7. The average molecular weight is 468 g/mol. The molecule has 2 aromatic rings. The maximum atomic E-state index is 12.5. The van der Waals surface area contributed by atoms with E-state index in [2.05, 4.69) is 15.5 Å². The molecule has 1 atom stereocenters. The minimum absolute atomic E-state index is 0.0190. The van der Waals surface area contributed by atoms with Crippen LogP contribution >= 0.6 is 0 Å². The zero-order valence-corrected chi connectivity index (χ0v) is 19.5. The zero-order chi connectivity index (χ0) is 23.6. The van der Waals surface area contributed by atoms with Crippen LogP contribution < -0.4 is 15.4 Å². The minimum atomic E-state index is -0.161. The molecule has 34 heavy (non-hydrogen) atoms. The lowest BCUT2D eigenvalue weighted by atomic mass is 10.1. The highest BCUT2D eigenvalue weighted by atomic mass is 16.5. The van der Waals surface area contributed by atoms with Crippen LogP contribution in [0.15, 0.2) is 48.5 Å². The summed E-state index contributed by atoms with van der Waals surface area (Å²) in [6, 6.07) is 14.7. The molecule has 0 bridgehead atoms. The molecule has 0 aliphatic carbocycles. The molecule has 8 heteroatoms. The molecule has 1 unspecified atom stereocenters. The molecule has 0 radical (unpaired) electrons. The molecule has 2 fully saturated rings. The largest absolute Gasteiger partial charge is 0.491 e. The Balaban J connectivity index is 1.20. The van der Waals surface area contributed by atoms with Crippen LogP contribution in [0.1, 0.15) is 35.2 Å². The summed E-state index contributed by atoms with van der Waals surface area (Å²) >= 11 is 0. The van der Waals surface area contributed by atoms with Gasteiger partial charge in [-0.15, -0.1) is 0 Å². The van der Waals surface area contributed by atoms with E-state index in [1.165, 1.54) is 0 Å². The Morgan fingerprint density at radius 1 is 1.06 bits per heavy atom. The molecule has 2 N–H and O–H groups in total. The van der Waals surface area contributed by atoms with Gasteiger partial charge in [-0.25, -0.2) is 0 Å². The lowest BCUT2D eigenvalue weighted by Crippen LogP contribution is -2.38. The third kappa shape index (κ3) is 7.55. The van der Waals surface area contributed by atoms with Gasteiger partial charge in [0, 0.05) is 50.5 Å². The maximum Gasteiger partial charge on any atom is 0.251 e. The van der Waals surface area contributed by atoms with Crippen molar-refractivity contribution in [2.45, 2.75) is 31.9 Å². The van der Waals surface area contributed by atoms with E-state index in [9.17, 15) is 9.59 Å². The molecule has 4 rings (SSSR count). The summed E-state index contributed by atoms with van der Waals surface area (Å²) < 4.78 is 16.6. The van der Waals surface area contributed by atoms with Crippen LogP contribution in [0.25, 0.3) is 0 Å². The van der Waals surface area contributed by atoms with Crippen LogP contribution in [0.2, 0.25) is 0 Å². The Kier molecular flexibility index (Phi) is 8.90. The Morgan fingerprint density at radius 2 is 1.88 bits per heavy atom. The number of nitrogens with one attached hydrogen (secondary N) is 2. The summed E-state index contributed by atoms with van der Waals surface area (Å²) in [7, 11) is 0. The molecule has 2 aromatic carbocycles. The predicted molar refractivity (Wildman–Crippen MR) is 129 cm³/mol. The molecule has 2 heterocycles. The second-order valence-corrected chi connectivity index (χ2v) is 8.61. The zero-order valence-electron chi connectivity index (χ0n) is 19.5. The third-order valence-corrected chi connectivity index (χ3v) is 6.00. The average Bonchev–Trinajstić information content (AvgIpc) is 3.40. The second-order valence-electron chi connectivity index (χ2n) is 8.61.